The Morgan fingerprint density at radius 1 is 1.17 bits per heavy atom. The van der Waals surface area contributed by atoms with Crippen molar-refractivity contribution < 1.29 is 9.84 Å². The van der Waals surface area contributed by atoms with Crippen molar-refractivity contribution in [2.45, 2.75) is 32.4 Å². The molecule has 0 aliphatic rings. The third-order valence-corrected chi connectivity index (χ3v) is 4.11. The molecule has 3 aromatic rings. The summed E-state index contributed by atoms with van der Waals surface area (Å²) >= 11 is 5.86. The van der Waals surface area contributed by atoms with Gasteiger partial charge in [0.1, 0.15) is 24.3 Å². The average Bonchev–Trinajstić information content (AvgIpc) is 2.92. The van der Waals surface area contributed by atoms with Gasteiger partial charge in [-0.05, 0) is 42.8 Å². The van der Waals surface area contributed by atoms with Gasteiger partial charge < -0.3 is 14.4 Å². The number of rotatable bonds is 7. The highest BCUT2D eigenvalue weighted by atomic mass is 35.5. The number of benzene rings is 2. The van der Waals surface area contributed by atoms with Crippen LogP contribution in [0.25, 0.3) is 11.0 Å². The minimum atomic E-state index is -0.617. The van der Waals surface area contributed by atoms with Gasteiger partial charge >= 0.3 is 0 Å². The molecule has 1 unspecified atom stereocenters. The number of para-hydroxylation sites is 2. The fourth-order valence-electron chi connectivity index (χ4n) is 2.73. The third-order valence-electron chi connectivity index (χ3n) is 3.86. The Morgan fingerprint density at radius 3 is 2.67 bits per heavy atom. The number of ether oxygens (including phenoxy) is 1. The molecule has 0 fully saturated rings. The predicted octanol–water partition coefficient (Wildman–Crippen LogP) is 4.08. The lowest BCUT2D eigenvalue weighted by molar-refractivity contribution is 0.0927. The van der Waals surface area contributed by atoms with Crippen LogP contribution in [0.3, 0.4) is 0 Å². The maximum Gasteiger partial charge on any atom is 0.119 e. The zero-order valence-electron chi connectivity index (χ0n) is 13.7. The first-order chi connectivity index (χ1) is 11.7. The molecular formula is C19H21ClN2O2. The van der Waals surface area contributed by atoms with E-state index >= 15 is 0 Å². The maximum atomic E-state index is 10.4. The number of aliphatic hydroxyl groups is 1. The molecule has 126 valence electrons. The molecule has 1 N–H and O–H groups in total. The normalized spacial score (nSPS) is 12.5. The molecule has 0 radical (unpaired) electrons. The summed E-state index contributed by atoms with van der Waals surface area (Å²) in [6.45, 7) is 2.81. The second kappa shape index (κ2) is 7.69. The number of aryl methyl sites for hydroxylation is 1. The Labute approximate surface area is 146 Å². The van der Waals surface area contributed by atoms with E-state index in [1.54, 1.807) is 24.3 Å². The van der Waals surface area contributed by atoms with Crippen LogP contribution < -0.4 is 4.74 Å². The molecule has 1 atom stereocenters. The number of hydrogen-bond donors (Lipinski definition) is 1. The van der Waals surface area contributed by atoms with E-state index < -0.39 is 6.10 Å². The lowest BCUT2D eigenvalue weighted by atomic mass is 10.3. The fourth-order valence-corrected chi connectivity index (χ4v) is 2.86. The number of nitrogens with zero attached hydrogens (tertiary/aromatic N) is 2. The number of aromatic nitrogens is 2. The minimum Gasteiger partial charge on any atom is -0.491 e. The van der Waals surface area contributed by atoms with Gasteiger partial charge in [-0.2, -0.15) is 0 Å². The van der Waals surface area contributed by atoms with Crippen LogP contribution in [0, 0.1) is 0 Å². The van der Waals surface area contributed by atoms with E-state index in [1.807, 2.05) is 24.3 Å². The van der Waals surface area contributed by atoms with Crippen molar-refractivity contribution in [2.24, 2.45) is 0 Å². The van der Waals surface area contributed by atoms with Crippen molar-refractivity contribution in [3.8, 4) is 5.75 Å². The number of hydrogen-bond acceptors (Lipinski definition) is 3. The first-order valence-electron chi connectivity index (χ1n) is 8.18. The summed E-state index contributed by atoms with van der Waals surface area (Å²) in [7, 11) is 0. The summed E-state index contributed by atoms with van der Waals surface area (Å²) in [4.78, 5) is 4.68. The molecular weight excluding hydrogens is 324 g/mol. The van der Waals surface area contributed by atoms with E-state index in [1.165, 1.54) is 0 Å². The molecule has 0 saturated carbocycles. The summed E-state index contributed by atoms with van der Waals surface area (Å²) < 4.78 is 7.73. The zero-order chi connectivity index (χ0) is 16.9. The quantitative estimate of drug-likeness (QED) is 0.702. The van der Waals surface area contributed by atoms with E-state index in [0.29, 0.717) is 17.3 Å². The van der Waals surface area contributed by atoms with E-state index in [4.69, 9.17) is 16.3 Å². The number of aliphatic hydroxyl groups excluding tert-OH is 1. The molecule has 0 amide bonds. The molecule has 24 heavy (non-hydrogen) atoms. The highest BCUT2D eigenvalue weighted by Crippen LogP contribution is 2.19. The van der Waals surface area contributed by atoms with Gasteiger partial charge in [0.15, 0.2) is 0 Å². The molecule has 0 bridgehead atoms. The number of halogens is 1. The van der Waals surface area contributed by atoms with Gasteiger partial charge in [-0.25, -0.2) is 4.98 Å². The SMILES string of the molecule is CCCc1nc2ccccc2n1CC(O)COc1ccc(Cl)cc1. The van der Waals surface area contributed by atoms with Crippen LogP contribution in [0.5, 0.6) is 5.75 Å². The van der Waals surface area contributed by atoms with Gasteiger partial charge in [0, 0.05) is 11.4 Å². The van der Waals surface area contributed by atoms with Crippen molar-refractivity contribution in [3.05, 3.63) is 59.4 Å². The highest BCUT2D eigenvalue weighted by molar-refractivity contribution is 6.30. The van der Waals surface area contributed by atoms with Gasteiger partial charge in [-0.1, -0.05) is 30.7 Å². The summed E-state index contributed by atoms with van der Waals surface area (Å²) in [5.41, 5.74) is 2.01. The summed E-state index contributed by atoms with van der Waals surface area (Å²) in [5.74, 6) is 1.70. The Bertz CT molecular complexity index is 799. The Kier molecular flexibility index (Phi) is 5.38. The molecule has 0 saturated heterocycles. The van der Waals surface area contributed by atoms with E-state index in [9.17, 15) is 5.11 Å². The van der Waals surface area contributed by atoms with Crippen molar-refractivity contribution in [1.29, 1.82) is 0 Å². The van der Waals surface area contributed by atoms with Crippen LogP contribution in [0.2, 0.25) is 5.02 Å². The van der Waals surface area contributed by atoms with E-state index in [2.05, 4.69) is 16.5 Å². The molecule has 4 nitrogen and oxygen atoms in total. The topological polar surface area (TPSA) is 47.3 Å². The molecule has 3 rings (SSSR count). The first-order valence-corrected chi connectivity index (χ1v) is 8.55. The minimum absolute atomic E-state index is 0.222. The number of imidazole rings is 1. The number of fused-ring (bicyclic) bond motifs is 1. The van der Waals surface area contributed by atoms with Gasteiger partial charge in [-0.3, -0.25) is 0 Å². The monoisotopic (exact) mass is 344 g/mol. The summed E-state index contributed by atoms with van der Waals surface area (Å²) in [6.07, 6.45) is 1.29. The average molecular weight is 345 g/mol. The van der Waals surface area contributed by atoms with Crippen LogP contribution in [0.15, 0.2) is 48.5 Å². The van der Waals surface area contributed by atoms with Crippen LogP contribution >= 0.6 is 11.6 Å². The molecule has 0 aliphatic heterocycles. The molecule has 1 heterocycles. The zero-order valence-corrected chi connectivity index (χ0v) is 14.4. The third kappa shape index (κ3) is 3.89. The van der Waals surface area contributed by atoms with E-state index in [0.717, 1.165) is 29.7 Å². The first kappa shape index (κ1) is 16.8. The van der Waals surface area contributed by atoms with Gasteiger partial charge in [0.05, 0.1) is 17.6 Å². The summed E-state index contributed by atoms with van der Waals surface area (Å²) in [5, 5.41) is 11.1. The highest BCUT2D eigenvalue weighted by Gasteiger charge is 2.14. The molecule has 0 spiro atoms. The van der Waals surface area contributed by atoms with Crippen molar-refractivity contribution in [3.63, 3.8) is 0 Å². The van der Waals surface area contributed by atoms with Crippen LogP contribution in [0.1, 0.15) is 19.2 Å². The van der Waals surface area contributed by atoms with Gasteiger partial charge in [0.2, 0.25) is 0 Å². The Morgan fingerprint density at radius 2 is 1.92 bits per heavy atom. The lowest BCUT2D eigenvalue weighted by Crippen LogP contribution is -2.24. The van der Waals surface area contributed by atoms with Crippen molar-refractivity contribution in [1.82, 2.24) is 9.55 Å². The Hall–Kier alpha value is -2.04. The van der Waals surface area contributed by atoms with Crippen molar-refractivity contribution >= 4 is 22.6 Å². The lowest BCUT2D eigenvalue weighted by Gasteiger charge is -2.15. The molecule has 5 heteroatoms. The largest absolute Gasteiger partial charge is 0.491 e. The fraction of sp³-hybridized carbons (Fsp3) is 0.316. The second-order valence-electron chi connectivity index (χ2n) is 5.80. The van der Waals surface area contributed by atoms with Crippen LogP contribution in [0.4, 0.5) is 0 Å². The maximum absolute atomic E-state index is 10.4. The second-order valence-corrected chi connectivity index (χ2v) is 6.23. The summed E-state index contributed by atoms with van der Waals surface area (Å²) in [6, 6.07) is 15.1. The Balaban J connectivity index is 1.71. The van der Waals surface area contributed by atoms with E-state index in [-0.39, 0.29) is 6.61 Å². The van der Waals surface area contributed by atoms with Gasteiger partial charge in [-0.15, -0.1) is 0 Å². The smallest absolute Gasteiger partial charge is 0.119 e. The van der Waals surface area contributed by atoms with Crippen LogP contribution in [-0.2, 0) is 13.0 Å². The van der Waals surface area contributed by atoms with Crippen molar-refractivity contribution in [2.75, 3.05) is 6.61 Å². The standard InChI is InChI=1S/C19H21ClN2O2/c1-2-5-19-21-17-6-3-4-7-18(17)22(19)12-15(23)13-24-16-10-8-14(20)9-11-16/h3-4,6-11,15,23H,2,5,12-13H2,1H3. The molecule has 0 aliphatic carbocycles. The van der Waals surface area contributed by atoms with Gasteiger partial charge in [0.25, 0.3) is 0 Å². The predicted molar refractivity (Wildman–Crippen MR) is 96.7 cm³/mol. The van der Waals surface area contributed by atoms with Crippen LogP contribution in [-0.4, -0.2) is 27.4 Å². The molecule has 2 aromatic carbocycles. The molecule has 1 aromatic heterocycles.